The third-order valence-corrected chi connectivity index (χ3v) is 6.41. The zero-order chi connectivity index (χ0) is 24.8. The van der Waals surface area contributed by atoms with Gasteiger partial charge in [-0.3, -0.25) is 4.79 Å². The molecule has 0 unspecified atom stereocenters. The highest BCUT2D eigenvalue weighted by Gasteiger charge is 2.29. The van der Waals surface area contributed by atoms with Gasteiger partial charge >= 0.3 is 5.97 Å². The van der Waals surface area contributed by atoms with Crippen LogP contribution in [0.4, 0.5) is 5.69 Å². The van der Waals surface area contributed by atoms with E-state index in [0.717, 1.165) is 42.4 Å². The van der Waals surface area contributed by atoms with Gasteiger partial charge in [-0.05, 0) is 43.0 Å². The third kappa shape index (κ3) is 5.34. The molecule has 0 bridgehead atoms. The molecule has 0 atom stereocenters. The zero-order valence-corrected chi connectivity index (χ0v) is 20.5. The molecule has 1 aliphatic carbocycles. The van der Waals surface area contributed by atoms with Crippen LogP contribution in [0.25, 0.3) is 11.1 Å². The van der Waals surface area contributed by atoms with Crippen LogP contribution in [0.2, 0.25) is 0 Å². The molecule has 1 heterocycles. The van der Waals surface area contributed by atoms with Gasteiger partial charge in [-0.1, -0.05) is 49.2 Å². The first kappa shape index (κ1) is 24.4. The Kier molecular flexibility index (Phi) is 7.75. The quantitative estimate of drug-likeness (QED) is 0.411. The number of aromatic nitrogens is 1. The molecule has 0 aliphatic heterocycles. The molecule has 0 radical (unpaired) electrons. The Bertz CT molecular complexity index is 1180. The number of ether oxygens (including phenoxy) is 3. The number of benzene rings is 2. The van der Waals surface area contributed by atoms with Crippen LogP contribution in [-0.2, 0) is 16.1 Å². The van der Waals surface area contributed by atoms with E-state index in [1.54, 1.807) is 21.1 Å². The van der Waals surface area contributed by atoms with Crippen molar-refractivity contribution in [3.8, 4) is 22.6 Å². The monoisotopic (exact) mass is 476 g/mol. The summed E-state index contributed by atoms with van der Waals surface area (Å²) in [6.45, 7) is 2.46. The first-order valence-corrected chi connectivity index (χ1v) is 12.0. The highest BCUT2D eigenvalue weighted by Crippen LogP contribution is 2.39. The molecule has 4 rings (SSSR count). The standard InChI is InChI=1S/C28H32N2O5/c1-4-35-28(32)26-25(29-27(31)20-12-8-9-13-20)22(18-30(26)17-19-10-6-5-7-11-19)21-14-15-23(33-2)24(16-21)34-3/h5-7,10-11,14-16,18,20H,4,8-9,12-13,17H2,1-3H3,(H,29,31). The molecule has 0 spiro atoms. The highest BCUT2D eigenvalue weighted by atomic mass is 16.5. The van der Waals surface area contributed by atoms with Gasteiger partial charge in [0, 0.05) is 24.2 Å². The number of carbonyl (C=O) groups excluding carboxylic acids is 2. The minimum Gasteiger partial charge on any atom is -0.493 e. The van der Waals surface area contributed by atoms with Crippen LogP contribution in [0.5, 0.6) is 11.5 Å². The van der Waals surface area contributed by atoms with E-state index in [9.17, 15) is 9.59 Å². The summed E-state index contributed by atoms with van der Waals surface area (Å²) in [7, 11) is 3.16. The van der Waals surface area contributed by atoms with Gasteiger partial charge in [0.15, 0.2) is 17.2 Å². The van der Waals surface area contributed by atoms with Gasteiger partial charge in [0.25, 0.3) is 0 Å². The van der Waals surface area contributed by atoms with E-state index in [0.29, 0.717) is 29.4 Å². The second kappa shape index (κ2) is 11.1. The van der Waals surface area contributed by atoms with Gasteiger partial charge in [-0.2, -0.15) is 0 Å². The van der Waals surface area contributed by atoms with Crippen molar-refractivity contribution in [1.29, 1.82) is 0 Å². The summed E-state index contributed by atoms with van der Waals surface area (Å²) in [6, 6.07) is 15.4. The van der Waals surface area contributed by atoms with Gasteiger partial charge in [-0.25, -0.2) is 4.79 Å². The average Bonchev–Trinajstić information content (AvgIpc) is 3.53. The molecule has 1 aromatic heterocycles. The van der Waals surface area contributed by atoms with E-state index in [1.807, 2.05) is 59.3 Å². The minimum atomic E-state index is -0.475. The smallest absolute Gasteiger partial charge is 0.357 e. The molecule has 1 N–H and O–H groups in total. The van der Waals surface area contributed by atoms with Crippen molar-refractivity contribution >= 4 is 17.6 Å². The lowest BCUT2D eigenvalue weighted by atomic mass is 10.0. The average molecular weight is 477 g/mol. The molecule has 2 aromatic carbocycles. The number of rotatable bonds is 9. The highest BCUT2D eigenvalue weighted by molar-refractivity contribution is 6.06. The second-order valence-electron chi connectivity index (χ2n) is 8.64. The predicted molar refractivity (Wildman–Crippen MR) is 135 cm³/mol. The van der Waals surface area contributed by atoms with Crippen LogP contribution < -0.4 is 14.8 Å². The minimum absolute atomic E-state index is 0.0548. The van der Waals surface area contributed by atoms with Crippen molar-refractivity contribution in [3.63, 3.8) is 0 Å². The van der Waals surface area contributed by atoms with Crippen molar-refractivity contribution in [3.05, 3.63) is 66.0 Å². The molecule has 184 valence electrons. The van der Waals surface area contributed by atoms with Crippen molar-refractivity contribution in [2.24, 2.45) is 5.92 Å². The normalized spacial score (nSPS) is 13.5. The number of anilines is 1. The molecule has 1 aliphatic rings. The lowest BCUT2D eigenvalue weighted by molar-refractivity contribution is -0.119. The number of nitrogens with one attached hydrogen (secondary N) is 1. The van der Waals surface area contributed by atoms with Gasteiger partial charge in [-0.15, -0.1) is 0 Å². The first-order valence-electron chi connectivity index (χ1n) is 12.0. The van der Waals surface area contributed by atoms with E-state index in [4.69, 9.17) is 14.2 Å². The topological polar surface area (TPSA) is 78.8 Å². The Morgan fingerprint density at radius 3 is 2.37 bits per heavy atom. The molecule has 0 saturated heterocycles. The maximum absolute atomic E-state index is 13.2. The maximum Gasteiger partial charge on any atom is 0.357 e. The molecule has 1 amide bonds. The van der Waals surface area contributed by atoms with Gasteiger partial charge in [0.2, 0.25) is 5.91 Å². The molecule has 1 fully saturated rings. The van der Waals surface area contributed by atoms with E-state index in [1.165, 1.54) is 0 Å². The second-order valence-corrected chi connectivity index (χ2v) is 8.64. The van der Waals surface area contributed by atoms with Crippen molar-refractivity contribution in [2.45, 2.75) is 39.2 Å². The molecular formula is C28H32N2O5. The number of hydrogen-bond donors (Lipinski definition) is 1. The third-order valence-electron chi connectivity index (χ3n) is 6.41. The van der Waals surface area contributed by atoms with Crippen LogP contribution in [0.3, 0.4) is 0 Å². The Morgan fingerprint density at radius 2 is 1.71 bits per heavy atom. The predicted octanol–water partition coefficient (Wildman–Crippen LogP) is 5.53. The summed E-state index contributed by atoms with van der Waals surface area (Å²) in [6.07, 6.45) is 5.69. The number of hydrogen-bond acceptors (Lipinski definition) is 5. The van der Waals surface area contributed by atoms with Gasteiger partial charge in [0.1, 0.15) is 0 Å². The Morgan fingerprint density at radius 1 is 1.00 bits per heavy atom. The summed E-state index contributed by atoms with van der Waals surface area (Å²) in [5.74, 6) is 0.568. The van der Waals surface area contributed by atoms with E-state index >= 15 is 0 Å². The SMILES string of the molecule is CCOC(=O)c1c(NC(=O)C2CCCC2)c(-c2ccc(OC)c(OC)c2)cn1Cc1ccccc1. The van der Waals surface area contributed by atoms with Crippen LogP contribution in [0.1, 0.15) is 48.7 Å². The van der Waals surface area contributed by atoms with E-state index in [2.05, 4.69) is 5.32 Å². The summed E-state index contributed by atoms with van der Waals surface area (Å²) < 4.78 is 18.2. The molecule has 7 nitrogen and oxygen atoms in total. The maximum atomic E-state index is 13.2. The Hall–Kier alpha value is -3.74. The lowest BCUT2D eigenvalue weighted by Gasteiger charge is -2.15. The first-order chi connectivity index (χ1) is 17.0. The van der Waals surface area contributed by atoms with Crippen LogP contribution in [0, 0.1) is 5.92 Å². The van der Waals surface area contributed by atoms with E-state index < -0.39 is 5.97 Å². The van der Waals surface area contributed by atoms with Crippen LogP contribution in [-0.4, -0.2) is 37.3 Å². The molecule has 1 saturated carbocycles. The Balaban J connectivity index is 1.86. The molecule has 35 heavy (non-hydrogen) atoms. The number of amides is 1. The number of methoxy groups -OCH3 is 2. The molecular weight excluding hydrogens is 444 g/mol. The fourth-order valence-electron chi connectivity index (χ4n) is 4.64. The summed E-state index contributed by atoms with van der Waals surface area (Å²) in [5.41, 5.74) is 3.33. The summed E-state index contributed by atoms with van der Waals surface area (Å²) in [4.78, 5) is 26.4. The largest absolute Gasteiger partial charge is 0.493 e. The fourth-order valence-corrected chi connectivity index (χ4v) is 4.64. The summed E-state index contributed by atoms with van der Waals surface area (Å²) >= 11 is 0. The molecule has 3 aromatic rings. The van der Waals surface area contributed by atoms with Crippen molar-refractivity contribution in [1.82, 2.24) is 4.57 Å². The number of esters is 1. The van der Waals surface area contributed by atoms with Gasteiger partial charge in [0.05, 0.1) is 26.5 Å². The van der Waals surface area contributed by atoms with Crippen molar-refractivity contribution in [2.75, 3.05) is 26.1 Å². The van der Waals surface area contributed by atoms with Crippen molar-refractivity contribution < 1.29 is 23.8 Å². The Labute approximate surface area is 206 Å². The van der Waals surface area contributed by atoms with Crippen LogP contribution in [0.15, 0.2) is 54.7 Å². The zero-order valence-electron chi connectivity index (χ0n) is 20.5. The summed E-state index contributed by atoms with van der Waals surface area (Å²) in [5, 5.41) is 3.10. The molecule has 7 heteroatoms. The number of carbonyl (C=O) groups is 2. The van der Waals surface area contributed by atoms with Crippen LogP contribution >= 0.6 is 0 Å². The lowest BCUT2D eigenvalue weighted by Crippen LogP contribution is -2.23. The fraction of sp³-hybridized carbons (Fsp3) is 0.357. The number of nitrogens with zero attached hydrogens (tertiary/aromatic N) is 1. The van der Waals surface area contributed by atoms with Gasteiger partial charge < -0.3 is 24.1 Å². The van der Waals surface area contributed by atoms with E-state index in [-0.39, 0.29) is 18.4 Å².